The number of ether oxygens (including phenoxy) is 2. The maximum Gasteiger partial charge on any atom is 0.306 e. The highest BCUT2D eigenvalue weighted by Gasteiger charge is 2.22. The van der Waals surface area contributed by atoms with Crippen molar-refractivity contribution >= 4 is 19.8 Å². The quantitative estimate of drug-likeness (QED) is 0.0195. The minimum atomic E-state index is -4.66. The van der Waals surface area contributed by atoms with Crippen LogP contribution >= 0.6 is 7.82 Å². The first-order valence-corrected chi connectivity index (χ1v) is 38.4. The molecule has 90 heavy (non-hydrogen) atoms. The lowest BCUT2D eigenvalue weighted by molar-refractivity contribution is -0.870. The number of rotatable bonds is 67. The van der Waals surface area contributed by atoms with Crippen LogP contribution in [0.4, 0.5) is 0 Å². The van der Waals surface area contributed by atoms with Gasteiger partial charge in [0.15, 0.2) is 6.10 Å². The second kappa shape index (κ2) is 69.5. The molecule has 0 bridgehead atoms. The van der Waals surface area contributed by atoms with E-state index in [9.17, 15) is 19.0 Å². The maximum atomic E-state index is 12.9. The van der Waals surface area contributed by atoms with E-state index in [0.717, 1.165) is 103 Å². The van der Waals surface area contributed by atoms with Crippen molar-refractivity contribution in [1.82, 2.24) is 0 Å². The van der Waals surface area contributed by atoms with Gasteiger partial charge in [-0.2, -0.15) is 0 Å². The summed E-state index contributed by atoms with van der Waals surface area (Å²) in [6.45, 7) is 4.09. The van der Waals surface area contributed by atoms with Gasteiger partial charge in [-0.15, -0.1) is 0 Å². The molecule has 10 heteroatoms. The summed E-state index contributed by atoms with van der Waals surface area (Å²) in [4.78, 5) is 38.1. The Labute approximate surface area is 555 Å². The van der Waals surface area contributed by atoms with Crippen molar-refractivity contribution in [3.05, 3.63) is 134 Å². The molecule has 0 radical (unpaired) electrons. The summed E-state index contributed by atoms with van der Waals surface area (Å²) >= 11 is 0. The smallest absolute Gasteiger partial charge is 0.306 e. The zero-order valence-electron chi connectivity index (χ0n) is 58.8. The summed E-state index contributed by atoms with van der Waals surface area (Å²) < 4.78 is 34.3. The first-order valence-electron chi connectivity index (χ1n) is 36.9. The number of phosphoric acid groups is 1. The van der Waals surface area contributed by atoms with Crippen molar-refractivity contribution in [1.29, 1.82) is 0 Å². The van der Waals surface area contributed by atoms with Crippen LogP contribution < -0.4 is 4.89 Å². The fourth-order valence-electron chi connectivity index (χ4n) is 10.0. The van der Waals surface area contributed by atoms with Gasteiger partial charge in [-0.1, -0.05) is 314 Å². The highest BCUT2D eigenvalue weighted by Crippen LogP contribution is 2.38. The predicted octanol–water partition coefficient (Wildman–Crippen LogP) is 23.8. The number of likely N-dealkylation sites (N-methyl/N-ethyl adjacent to an activating group) is 1. The van der Waals surface area contributed by atoms with Crippen molar-refractivity contribution in [2.24, 2.45) is 0 Å². The topological polar surface area (TPSA) is 111 Å². The van der Waals surface area contributed by atoms with E-state index >= 15 is 0 Å². The van der Waals surface area contributed by atoms with Gasteiger partial charge in [0.25, 0.3) is 7.82 Å². The SMILES string of the molecule is CC/C=C\C/C=C\C/C=C\C/C=C\C/C=C\C/C=C\C/C=C\C/C=C\C/C=C\CCCCCC(=O)OC(COC(=O)CCCCCCCCCCCCCCCCCCCCCCCCC/C=C\C/C=C\CCCCCCC)COP(=O)([O-])OCC[N+](C)(C)C. The Bertz CT molecular complexity index is 1980. The van der Waals surface area contributed by atoms with Crippen LogP contribution in [-0.4, -0.2) is 70.0 Å². The molecule has 9 nitrogen and oxygen atoms in total. The van der Waals surface area contributed by atoms with Crippen LogP contribution in [0.5, 0.6) is 0 Å². The second-order valence-corrected chi connectivity index (χ2v) is 27.0. The van der Waals surface area contributed by atoms with Gasteiger partial charge in [-0.05, 0) is 116 Å². The number of carbonyl (C=O) groups excluding carboxylic acids is 2. The molecule has 0 aromatic heterocycles. The molecule has 0 fully saturated rings. The van der Waals surface area contributed by atoms with Crippen LogP contribution in [0.2, 0.25) is 0 Å². The summed E-state index contributed by atoms with van der Waals surface area (Å²) in [6, 6.07) is 0. The van der Waals surface area contributed by atoms with Gasteiger partial charge in [0.1, 0.15) is 19.8 Å². The summed E-state index contributed by atoms with van der Waals surface area (Å²) in [5, 5.41) is 0. The lowest BCUT2D eigenvalue weighted by Gasteiger charge is -2.28. The molecule has 0 aliphatic rings. The van der Waals surface area contributed by atoms with Gasteiger partial charge in [0.2, 0.25) is 0 Å². The molecule has 0 aromatic rings. The average Bonchev–Trinajstić information content (AvgIpc) is 3.58. The normalized spacial score (nSPS) is 13.9. The highest BCUT2D eigenvalue weighted by molar-refractivity contribution is 7.45. The number of hydrogen-bond acceptors (Lipinski definition) is 8. The Balaban J connectivity index is 4.09. The largest absolute Gasteiger partial charge is 0.756 e. The van der Waals surface area contributed by atoms with Crippen molar-refractivity contribution in [2.75, 3.05) is 47.5 Å². The molecule has 0 spiro atoms. The van der Waals surface area contributed by atoms with E-state index in [2.05, 4.69) is 148 Å². The molecular weight excluding hydrogens is 1130 g/mol. The maximum absolute atomic E-state index is 12.9. The summed E-state index contributed by atoms with van der Waals surface area (Å²) in [6.07, 6.45) is 101. The number of phosphoric ester groups is 1. The molecule has 2 unspecified atom stereocenters. The van der Waals surface area contributed by atoms with E-state index in [1.54, 1.807) is 0 Å². The van der Waals surface area contributed by atoms with Crippen molar-refractivity contribution in [2.45, 2.75) is 315 Å². The monoisotopic (exact) mass is 1270 g/mol. The number of esters is 2. The predicted molar refractivity (Wildman–Crippen MR) is 388 cm³/mol. The van der Waals surface area contributed by atoms with E-state index in [1.807, 2.05) is 21.1 Å². The molecule has 2 atom stereocenters. The molecule has 0 amide bonds. The van der Waals surface area contributed by atoms with E-state index < -0.39 is 32.5 Å². The second-order valence-electron chi connectivity index (χ2n) is 25.6. The van der Waals surface area contributed by atoms with Crippen LogP contribution in [-0.2, 0) is 32.7 Å². The van der Waals surface area contributed by atoms with Gasteiger partial charge in [0, 0.05) is 12.8 Å². The Kier molecular flexibility index (Phi) is 66.5. The molecule has 0 N–H and O–H groups in total. The molecule has 0 aliphatic heterocycles. The van der Waals surface area contributed by atoms with Gasteiger partial charge >= 0.3 is 11.9 Å². The number of unbranched alkanes of at least 4 members (excludes halogenated alkanes) is 31. The highest BCUT2D eigenvalue weighted by atomic mass is 31.2. The Morgan fingerprint density at radius 3 is 0.956 bits per heavy atom. The minimum Gasteiger partial charge on any atom is -0.756 e. The van der Waals surface area contributed by atoms with Crippen LogP contribution in [0.25, 0.3) is 0 Å². The molecule has 0 saturated carbocycles. The lowest BCUT2D eigenvalue weighted by atomic mass is 10.0. The molecule has 0 rings (SSSR count). The molecule has 0 heterocycles. The van der Waals surface area contributed by atoms with Gasteiger partial charge in [-0.3, -0.25) is 14.2 Å². The van der Waals surface area contributed by atoms with Crippen LogP contribution in [0.15, 0.2) is 134 Å². The van der Waals surface area contributed by atoms with Crippen molar-refractivity contribution in [3.63, 3.8) is 0 Å². The van der Waals surface area contributed by atoms with E-state index in [-0.39, 0.29) is 26.1 Å². The van der Waals surface area contributed by atoms with E-state index in [0.29, 0.717) is 17.4 Å². The third-order valence-electron chi connectivity index (χ3n) is 15.7. The first kappa shape index (κ1) is 86.2. The molecular formula is C80H138NO8P. The Morgan fingerprint density at radius 1 is 0.356 bits per heavy atom. The van der Waals surface area contributed by atoms with Crippen molar-refractivity contribution in [3.8, 4) is 0 Å². The number of allylic oxidation sites excluding steroid dienone is 22. The number of hydrogen-bond donors (Lipinski definition) is 0. The van der Waals surface area contributed by atoms with Gasteiger partial charge in [0.05, 0.1) is 27.7 Å². The van der Waals surface area contributed by atoms with Crippen LogP contribution in [0.1, 0.15) is 309 Å². The Hall–Kier alpha value is -3.85. The number of carbonyl (C=O) groups is 2. The first-order chi connectivity index (χ1) is 44.0. The standard InChI is InChI=1S/C80H138NO8P/c1-6-8-10-12-14-16-18-20-22-24-26-28-30-32-34-36-38-39-40-41-43-44-46-48-50-52-54-56-58-60-62-64-66-68-70-72-79(82)86-76-78(77-88-90(84,85)87-75-74-81(3,4)5)89-80(83)73-71-69-67-65-63-61-59-57-55-53-51-49-47-45-42-37-35-33-31-29-27-25-23-21-19-17-15-13-11-9-7-2/h9,11,15,17-18,20-21,23-24,26-27,29,33,35,42,45,49,51,55,57,61,63,78H,6-8,10,12-14,16,19,22,25,28,30-32,34,36-41,43-44,46-48,50,52-54,56,58-60,62,64-77H2,1-5H3/b11-9-,17-15-,20-18-,23-21-,26-24-,29-27-,35-33-,45-42-,51-49-,57-55-,63-61-. The summed E-state index contributed by atoms with van der Waals surface area (Å²) in [5.74, 6) is -0.870. The van der Waals surface area contributed by atoms with E-state index in [4.69, 9.17) is 18.5 Å². The van der Waals surface area contributed by atoms with Crippen LogP contribution in [0.3, 0.4) is 0 Å². The van der Waals surface area contributed by atoms with Gasteiger partial charge < -0.3 is 27.9 Å². The molecule has 0 saturated heterocycles. The summed E-state index contributed by atoms with van der Waals surface area (Å²) in [5.41, 5.74) is 0. The number of nitrogens with zero attached hydrogens (tertiary/aromatic N) is 1. The zero-order chi connectivity index (χ0) is 65.5. The lowest BCUT2D eigenvalue weighted by Crippen LogP contribution is -2.37. The van der Waals surface area contributed by atoms with Crippen molar-refractivity contribution < 1.29 is 42.1 Å². The Morgan fingerprint density at radius 2 is 0.633 bits per heavy atom. The average molecular weight is 1270 g/mol. The fraction of sp³-hybridized carbons (Fsp3) is 0.700. The van der Waals surface area contributed by atoms with E-state index in [1.165, 1.54) is 173 Å². The molecule has 0 aliphatic carbocycles. The third-order valence-corrected chi connectivity index (χ3v) is 16.6. The van der Waals surface area contributed by atoms with Crippen LogP contribution in [0, 0.1) is 0 Å². The minimum absolute atomic E-state index is 0.0433. The zero-order valence-corrected chi connectivity index (χ0v) is 59.7. The fourth-order valence-corrected chi connectivity index (χ4v) is 10.8. The summed E-state index contributed by atoms with van der Waals surface area (Å²) in [7, 11) is 1.13. The number of quaternary nitrogens is 1. The molecule has 0 aromatic carbocycles. The third kappa shape index (κ3) is 73.2. The van der Waals surface area contributed by atoms with Gasteiger partial charge in [-0.25, -0.2) is 0 Å². The molecule has 516 valence electrons.